The Balaban J connectivity index is 1.27. The molecule has 1 atom stereocenters. The van der Waals surface area contributed by atoms with E-state index in [1.807, 2.05) is 54.6 Å². The van der Waals surface area contributed by atoms with E-state index in [9.17, 15) is 14.9 Å². The van der Waals surface area contributed by atoms with E-state index in [0.29, 0.717) is 24.5 Å². The number of pyridine rings is 1. The number of nitriles is 1. The summed E-state index contributed by atoms with van der Waals surface area (Å²) in [5.74, 6) is 0.258. The summed E-state index contributed by atoms with van der Waals surface area (Å²) in [4.78, 5) is 31.7. The second-order valence-electron chi connectivity index (χ2n) is 8.75. The minimum atomic E-state index is -0.892. The first-order valence-corrected chi connectivity index (χ1v) is 11.2. The van der Waals surface area contributed by atoms with Crippen molar-refractivity contribution < 1.29 is 9.59 Å². The van der Waals surface area contributed by atoms with Crippen LogP contribution in [-0.2, 0) is 16.0 Å². The van der Waals surface area contributed by atoms with E-state index in [0.717, 1.165) is 29.5 Å². The average molecular weight is 437 g/mol. The van der Waals surface area contributed by atoms with Gasteiger partial charge in [-0.05, 0) is 47.9 Å². The molecule has 5 rings (SSSR count). The van der Waals surface area contributed by atoms with Crippen LogP contribution in [0.25, 0.3) is 11.1 Å². The molecule has 2 aromatic carbocycles. The number of rotatable bonds is 6. The van der Waals surface area contributed by atoms with Gasteiger partial charge in [0.25, 0.3) is 0 Å². The Kier molecular flexibility index (Phi) is 5.39. The zero-order valence-corrected chi connectivity index (χ0v) is 18.2. The molecule has 6 nitrogen and oxygen atoms in total. The minimum Gasteiger partial charge on any atom is -0.311 e. The van der Waals surface area contributed by atoms with Gasteiger partial charge in [0.2, 0.25) is 11.8 Å². The number of benzene rings is 2. The third-order valence-corrected chi connectivity index (χ3v) is 6.55. The summed E-state index contributed by atoms with van der Waals surface area (Å²) in [7, 11) is 0. The van der Waals surface area contributed by atoms with Crippen molar-refractivity contribution in [2.75, 3.05) is 16.8 Å². The number of hydrogen-bond donors (Lipinski definition) is 1. The predicted molar refractivity (Wildman–Crippen MR) is 126 cm³/mol. The Morgan fingerprint density at radius 1 is 1.09 bits per heavy atom. The van der Waals surface area contributed by atoms with Gasteiger partial charge in [-0.15, -0.1) is 0 Å². The van der Waals surface area contributed by atoms with Crippen LogP contribution in [0.5, 0.6) is 0 Å². The first kappa shape index (κ1) is 20.9. The molecule has 1 aliphatic heterocycles. The fourth-order valence-corrected chi connectivity index (χ4v) is 4.65. The quantitative estimate of drug-likeness (QED) is 0.613. The number of hydrogen-bond acceptors (Lipinski definition) is 4. The maximum Gasteiger partial charge on any atom is 0.247 e. The topological polar surface area (TPSA) is 86.1 Å². The SMILES string of the molecule is N#C[C@@]1(C2CC2)CCN(c2ccnc(NC(=O)Cc3cccc(-c4ccccc4)c3)c2)C1=O. The Hall–Kier alpha value is -3.98. The van der Waals surface area contributed by atoms with Gasteiger partial charge in [0, 0.05) is 24.5 Å². The summed E-state index contributed by atoms with van der Waals surface area (Å²) >= 11 is 0. The fourth-order valence-electron chi connectivity index (χ4n) is 4.65. The molecule has 164 valence electrons. The van der Waals surface area contributed by atoms with Crippen LogP contribution in [0.2, 0.25) is 0 Å². The van der Waals surface area contributed by atoms with Crippen molar-refractivity contribution in [3.8, 4) is 17.2 Å². The molecule has 1 aromatic heterocycles. The Morgan fingerprint density at radius 2 is 1.88 bits per heavy atom. The van der Waals surface area contributed by atoms with Crippen LogP contribution in [0, 0.1) is 22.7 Å². The van der Waals surface area contributed by atoms with Crippen LogP contribution in [0.4, 0.5) is 11.5 Å². The molecule has 0 radical (unpaired) electrons. The Bertz CT molecular complexity index is 1250. The lowest BCUT2D eigenvalue weighted by Crippen LogP contribution is -2.35. The summed E-state index contributed by atoms with van der Waals surface area (Å²) in [5, 5.41) is 12.5. The lowest BCUT2D eigenvalue weighted by molar-refractivity contribution is -0.123. The molecule has 2 fully saturated rings. The van der Waals surface area contributed by atoms with Gasteiger partial charge in [-0.3, -0.25) is 9.59 Å². The van der Waals surface area contributed by atoms with Gasteiger partial charge in [0.15, 0.2) is 0 Å². The fraction of sp³-hybridized carbons (Fsp3) is 0.259. The lowest BCUT2D eigenvalue weighted by Gasteiger charge is -2.21. The standard InChI is InChI=1S/C27H24N4O2/c28-18-27(22-9-10-22)12-14-31(26(27)33)23-11-13-29-24(17-23)30-25(32)16-19-5-4-8-21(15-19)20-6-2-1-3-7-20/h1-8,11,13,15,17,22H,9-10,12,14,16H2,(H,29,30,32)/t27-/m1/s1. The number of nitrogens with one attached hydrogen (secondary N) is 1. The van der Waals surface area contributed by atoms with Gasteiger partial charge in [-0.1, -0.05) is 54.6 Å². The number of nitrogens with zero attached hydrogens (tertiary/aromatic N) is 3. The van der Waals surface area contributed by atoms with Crippen LogP contribution >= 0.6 is 0 Å². The van der Waals surface area contributed by atoms with Crippen molar-refractivity contribution in [3.63, 3.8) is 0 Å². The highest BCUT2D eigenvalue weighted by Gasteiger charge is 2.56. The third kappa shape index (κ3) is 4.10. The Morgan fingerprint density at radius 3 is 2.64 bits per heavy atom. The van der Waals surface area contributed by atoms with Crippen LogP contribution in [0.15, 0.2) is 72.9 Å². The smallest absolute Gasteiger partial charge is 0.247 e. The molecule has 1 saturated heterocycles. The summed E-state index contributed by atoms with van der Waals surface area (Å²) in [6.45, 7) is 0.507. The normalized spacial score (nSPS) is 19.8. The van der Waals surface area contributed by atoms with Crippen molar-refractivity contribution in [1.29, 1.82) is 5.26 Å². The second kappa shape index (κ2) is 8.51. The highest BCUT2D eigenvalue weighted by Crippen LogP contribution is 2.51. The molecule has 1 aliphatic carbocycles. The number of carbonyl (C=O) groups is 2. The summed E-state index contributed by atoms with van der Waals surface area (Å²) in [6, 6.07) is 23.7. The van der Waals surface area contributed by atoms with Crippen LogP contribution in [0.1, 0.15) is 24.8 Å². The first-order chi connectivity index (χ1) is 16.1. The molecule has 2 amide bonds. The molecule has 1 saturated carbocycles. The summed E-state index contributed by atoms with van der Waals surface area (Å²) in [6.07, 6.45) is 4.23. The summed E-state index contributed by atoms with van der Waals surface area (Å²) < 4.78 is 0. The predicted octanol–water partition coefficient (Wildman–Crippen LogP) is 4.59. The molecule has 0 bridgehead atoms. The molecule has 0 unspecified atom stereocenters. The van der Waals surface area contributed by atoms with Crippen molar-refractivity contribution in [2.45, 2.75) is 25.7 Å². The molecule has 2 aliphatic rings. The monoisotopic (exact) mass is 436 g/mol. The largest absolute Gasteiger partial charge is 0.311 e. The van der Waals surface area contributed by atoms with E-state index in [4.69, 9.17) is 0 Å². The van der Waals surface area contributed by atoms with E-state index in [1.54, 1.807) is 23.2 Å². The average Bonchev–Trinajstić information content (AvgIpc) is 3.63. The number of anilines is 2. The van der Waals surface area contributed by atoms with Crippen LogP contribution < -0.4 is 10.2 Å². The van der Waals surface area contributed by atoms with Crippen LogP contribution in [-0.4, -0.2) is 23.3 Å². The van der Waals surface area contributed by atoms with E-state index in [2.05, 4.69) is 16.4 Å². The molecule has 33 heavy (non-hydrogen) atoms. The highest BCUT2D eigenvalue weighted by atomic mass is 16.2. The van der Waals surface area contributed by atoms with Gasteiger partial charge >= 0.3 is 0 Å². The van der Waals surface area contributed by atoms with Crippen molar-refractivity contribution in [2.24, 2.45) is 11.3 Å². The molecule has 0 spiro atoms. The first-order valence-electron chi connectivity index (χ1n) is 11.2. The van der Waals surface area contributed by atoms with Gasteiger partial charge in [0.1, 0.15) is 11.2 Å². The zero-order chi connectivity index (χ0) is 22.8. The third-order valence-electron chi connectivity index (χ3n) is 6.55. The lowest BCUT2D eigenvalue weighted by atomic mass is 9.83. The maximum absolute atomic E-state index is 13.1. The van der Waals surface area contributed by atoms with Crippen molar-refractivity contribution in [1.82, 2.24) is 4.98 Å². The van der Waals surface area contributed by atoms with Gasteiger partial charge in [-0.25, -0.2) is 4.98 Å². The van der Waals surface area contributed by atoms with E-state index < -0.39 is 5.41 Å². The van der Waals surface area contributed by atoms with E-state index >= 15 is 0 Å². The van der Waals surface area contributed by atoms with Crippen molar-refractivity contribution in [3.05, 3.63) is 78.5 Å². The molecular weight excluding hydrogens is 412 g/mol. The Labute approximate surface area is 192 Å². The maximum atomic E-state index is 13.1. The highest BCUT2D eigenvalue weighted by molar-refractivity contribution is 6.02. The molecule has 3 aromatic rings. The number of carbonyl (C=O) groups excluding carboxylic acids is 2. The van der Waals surface area contributed by atoms with Gasteiger partial charge in [-0.2, -0.15) is 5.26 Å². The molecule has 1 N–H and O–H groups in total. The van der Waals surface area contributed by atoms with Crippen molar-refractivity contribution >= 4 is 23.3 Å². The zero-order valence-electron chi connectivity index (χ0n) is 18.2. The minimum absolute atomic E-state index is 0.131. The number of aromatic nitrogens is 1. The van der Waals surface area contributed by atoms with Crippen LogP contribution in [0.3, 0.4) is 0 Å². The van der Waals surface area contributed by atoms with E-state index in [1.165, 1.54) is 0 Å². The van der Waals surface area contributed by atoms with Gasteiger partial charge < -0.3 is 10.2 Å². The van der Waals surface area contributed by atoms with E-state index in [-0.39, 0.29) is 24.2 Å². The second-order valence-corrected chi connectivity index (χ2v) is 8.75. The molecule has 6 heteroatoms. The summed E-state index contributed by atoms with van der Waals surface area (Å²) in [5.41, 5.74) is 2.84. The molecule has 2 heterocycles. The van der Waals surface area contributed by atoms with Gasteiger partial charge in [0.05, 0.1) is 12.5 Å². The number of amides is 2. The molecular formula is C27H24N4O2.